The van der Waals surface area contributed by atoms with Crippen LogP contribution in [0.2, 0.25) is 0 Å². The third-order valence-electron chi connectivity index (χ3n) is 6.22. The first-order valence-electron chi connectivity index (χ1n) is 11.5. The minimum Gasteiger partial charge on any atom is -0.497 e. The molecule has 178 valence electrons. The predicted molar refractivity (Wildman–Crippen MR) is 134 cm³/mol. The van der Waals surface area contributed by atoms with Crippen molar-refractivity contribution in [3.8, 4) is 11.5 Å². The first kappa shape index (κ1) is 23.8. The van der Waals surface area contributed by atoms with E-state index in [9.17, 15) is 9.59 Å². The van der Waals surface area contributed by atoms with E-state index in [4.69, 9.17) is 9.47 Å². The van der Waals surface area contributed by atoms with Crippen LogP contribution in [0.3, 0.4) is 0 Å². The van der Waals surface area contributed by atoms with Crippen LogP contribution in [0.4, 0.5) is 0 Å². The molecule has 0 aliphatic carbocycles. The van der Waals surface area contributed by atoms with Gasteiger partial charge in [-0.1, -0.05) is 24.3 Å². The number of nitrogens with zero attached hydrogens (tertiary/aromatic N) is 2. The minimum atomic E-state index is -0.187. The van der Waals surface area contributed by atoms with Crippen molar-refractivity contribution >= 4 is 23.2 Å². The minimum absolute atomic E-state index is 0.0207. The quantitative estimate of drug-likeness (QED) is 0.470. The van der Waals surface area contributed by atoms with E-state index >= 15 is 0 Å². The molecule has 1 atom stereocenters. The average Bonchev–Trinajstić information content (AvgIpc) is 3.35. The van der Waals surface area contributed by atoms with E-state index < -0.39 is 0 Å². The number of amides is 2. The van der Waals surface area contributed by atoms with Gasteiger partial charge in [-0.25, -0.2) is 0 Å². The van der Waals surface area contributed by atoms with Gasteiger partial charge < -0.3 is 19.3 Å². The van der Waals surface area contributed by atoms with Gasteiger partial charge in [-0.3, -0.25) is 9.59 Å². The van der Waals surface area contributed by atoms with Crippen LogP contribution in [0.15, 0.2) is 60.0 Å². The Morgan fingerprint density at radius 3 is 2.74 bits per heavy atom. The highest BCUT2D eigenvalue weighted by molar-refractivity contribution is 7.10. The number of aryl methyl sites for hydroxylation is 1. The molecule has 0 unspecified atom stereocenters. The zero-order chi connectivity index (χ0) is 24.1. The number of carbonyl (C=O) groups excluding carboxylic acids is 2. The van der Waals surface area contributed by atoms with Crippen LogP contribution < -0.4 is 9.47 Å². The molecule has 6 nitrogen and oxygen atoms in total. The first-order chi connectivity index (χ1) is 16.5. The Labute approximate surface area is 204 Å². The van der Waals surface area contributed by atoms with E-state index in [1.807, 2.05) is 43.0 Å². The van der Waals surface area contributed by atoms with Gasteiger partial charge in [0.05, 0.1) is 13.2 Å². The number of carbonyl (C=O) groups is 2. The van der Waals surface area contributed by atoms with Crippen LogP contribution in [0.5, 0.6) is 11.5 Å². The average molecular weight is 479 g/mol. The fourth-order valence-corrected chi connectivity index (χ4v) is 5.21. The van der Waals surface area contributed by atoms with E-state index in [0.29, 0.717) is 31.0 Å². The molecule has 2 aromatic carbocycles. The highest BCUT2D eigenvalue weighted by Crippen LogP contribution is 2.34. The van der Waals surface area contributed by atoms with Crippen molar-refractivity contribution in [3.63, 3.8) is 0 Å². The Kier molecular flexibility index (Phi) is 7.53. The Balaban J connectivity index is 1.51. The zero-order valence-electron chi connectivity index (χ0n) is 19.8. The van der Waals surface area contributed by atoms with E-state index in [0.717, 1.165) is 23.3 Å². The molecule has 0 radical (unpaired) electrons. The van der Waals surface area contributed by atoms with E-state index in [2.05, 4.69) is 11.4 Å². The monoisotopic (exact) mass is 478 g/mol. The lowest BCUT2D eigenvalue weighted by molar-refractivity contribution is -0.135. The number of benzene rings is 2. The number of para-hydroxylation sites is 1. The molecule has 0 N–H and O–H groups in total. The Hall–Kier alpha value is -3.32. The van der Waals surface area contributed by atoms with Gasteiger partial charge in [0.15, 0.2) is 0 Å². The molecule has 0 fully saturated rings. The molecule has 1 aliphatic rings. The maximum absolute atomic E-state index is 13.5. The highest BCUT2D eigenvalue weighted by atomic mass is 32.1. The molecule has 4 rings (SSSR count). The molecule has 0 saturated heterocycles. The largest absolute Gasteiger partial charge is 0.497 e. The van der Waals surface area contributed by atoms with Gasteiger partial charge in [0.2, 0.25) is 5.91 Å². The van der Waals surface area contributed by atoms with Gasteiger partial charge in [0.1, 0.15) is 24.7 Å². The molecule has 1 aliphatic heterocycles. The molecule has 1 aromatic heterocycles. The SMILES string of the molecule is CCN(CC(=O)N1CCc2sccc2[C@@H]1COc1ccccc1C)C(=O)c1cccc(OC)c1. The summed E-state index contributed by atoms with van der Waals surface area (Å²) < 4.78 is 11.4. The summed E-state index contributed by atoms with van der Waals surface area (Å²) in [7, 11) is 1.57. The van der Waals surface area contributed by atoms with Gasteiger partial charge in [0, 0.05) is 23.5 Å². The van der Waals surface area contributed by atoms with Crippen molar-refractivity contribution in [1.82, 2.24) is 9.80 Å². The number of likely N-dealkylation sites (N-methyl/N-ethyl adjacent to an activating group) is 1. The van der Waals surface area contributed by atoms with Crippen LogP contribution in [0, 0.1) is 6.92 Å². The number of fused-ring (bicyclic) bond motifs is 1. The lowest BCUT2D eigenvalue weighted by Crippen LogP contribution is -2.47. The fraction of sp³-hybridized carbons (Fsp3) is 0.333. The lowest BCUT2D eigenvalue weighted by Gasteiger charge is -2.37. The number of rotatable bonds is 8. The topological polar surface area (TPSA) is 59.1 Å². The van der Waals surface area contributed by atoms with Crippen molar-refractivity contribution in [2.24, 2.45) is 0 Å². The van der Waals surface area contributed by atoms with Crippen molar-refractivity contribution in [3.05, 3.63) is 81.5 Å². The first-order valence-corrected chi connectivity index (χ1v) is 12.4. The summed E-state index contributed by atoms with van der Waals surface area (Å²) in [4.78, 5) is 31.4. The molecule has 3 aromatic rings. The molecular formula is C27H30N2O4S. The second kappa shape index (κ2) is 10.7. The molecule has 2 amide bonds. The Morgan fingerprint density at radius 2 is 1.97 bits per heavy atom. The zero-order valence-corrected chi connectivity index (χ0v) is 20.6. The molecule has 2 heterocycles. The Bertz CT molecular complexity index is 1160. The van der Waals surface area contributed by atoms with Gasteiger partial charge >= 0.3 is 0 Å². The van der Waals surface area contributed by atoms with Crippen LogP contribution in [-0.2, 0) is 11.2 Å². The number of thiophene rings is 1. The molecular weight excluding hydrogens is 448 g/mol. The van der Waals surface area contributed by atoms with Crippen molar-refractivity contribution in [1.29, 1.82) is 0 Å². The van der Waals surface area contributed by atoms with E-state index in [1.165, 1.54) is 4.88 Å². The maximum atomic E-state index is 13.5. The number of hydrogen-bond acceptors (Lipinski definition) is 5. The van der Waals surface area contributed by atoms with E-state index in [1.54, 1.807) is 47.6 Å². The molecule has 0 bridgehead atoms. The summed E-state index contributed by atoms with van der Waals surface area (Å²) in [5.74, 6) is 1.17. The third kappa shape index (κ3) is 5.09. The maximum Gasteiger partial charge on any atom is 0.254 e. The summed E-state index contributed by atoms with van der Waals surface area (Å²) >= 11 is 1.72. The van der Waals surface area contributed by atoms with Crippen LogP contribution >= 0.6 is 11.3 Å². The summed E-state index contributed by atoms with van der Waals surface area (Å²) in [5, 5.41) is 2.07. The third-order valence-corrected chi connectivity index (χ3v) is 7.21. The second-order valence-electron chi connectivity index (χ2n) is 8.28. The summed E-state index contributed by atoms with van der Waals surface area (Å²) in [6.07, 6.45) is 0.815. The van der Waals surface area contributed by atoms with Crippen molar-refractivity contribution in [2.75, 3.05) is 33.4 Å². The van der Waals surface area contributed by atoms with Crippen molar-refractivity contribution < 1.29 is 19.1 Å². The lowest BCUT2D eigenvalue weighted by atomic mass is 10.00. The highest BCUT2D eigenvalue weighted by Gasteiger charge is 2.33. The van der Waals surface area contributed by atoms with Crippen LogP contribution in [0.25, 0.3) is 0 Å². The smallest absolute Gasteiger partial charge is 0.254 e. The van der Waals surface area contributed by atoms with Gasteiger partial charge in [-0.2, -0.15) is 0 Å². The van der Waals surface area contributed by atoms with Crippen LogP contribution in [0.1, 0.15) is 39.3 Å². The number of hydrogen-bond donors (Lipinski definition) is 0. The van der Waals surface area contributed by atoms with Crippen LogP contribution in [-0.4, -0.2) is 55.0 Å². The molecule has 0 spiro atoms. The molecule has 7 heteroatoms. The standard InChI is InChI=1S/C27H30N2O4S/c1-4-28(27(31)20-9-7-10-21(16-20)32-3)17-26(30)29-14-12-25-22(13-15-34-25)23(29)18-33-24-11-6-5-8-19(24)2/h5-11,13,15-16,23H,4,12,14,17-18H2,1-3H3/t23-/m0/s1. The number of ether oxygens (including phenoxy) is 2. The van der Waals surface area contributed by atoms with Gasteiger partial charge in [-0.05, 0) is 67.1 Å². The van der Waals surface area contributed by atoms with Gasteiger partial charge in [-0.15, -0.1) is 11.3 Å². The predicted octanol–water partition coefficient (Wildman–Crippen LogP) is 4.73. The van der Waals surface area contributed by atoms with E-state index in [-0.39, 0.29) is 24.4 Å². The van der Waals surface area contributed by atoms with Gasteiger partial charge in [0.25, 0.3) is 5.91 Å². The normalized spacial score (nSPS) is 14.9. The van der Waals surface area contributed by atoms with Crippen molar-refractivity contribution in [2.45, 2.75) is 26.3 Å². The molecule has 34 heavy (non-hydrogen) atoms. The fourth-order valence-electron chi connectivity index (χ4n) is 4.28. The Morgan fingerprint density at radius 1 is 1.15 bits per heavy atom. The second-order valence-corrected chi connectivity index (χ2v) is 9.28. The summed E-state index contributed by atoms with van der Waals surface area (Å²) in [6.45, 7) is 5.33. The molecule has 0 saturated carbocycles. The summed E-state index contributed by atoms with van der Waals surface area (Å²) in [6, 6.07) is 16.8. The number of methoxy groups -OCH3 is 1. The summed E-state index contributed by atoms with van der Waals surface area (Å²) in [5.41, 5.74) is 2.70.